The van der Waals surface area contributed by atoms with Crippen LogP contribution in [0.2, 0.25) is 0 Å². The maximum absolute atomic E-state index is 13.0. The Balaban J connectivity index is 1.76. The molecule has 0 bridgehead atoms. The lowest BCUT2D eigenvalue weighted by atomic mass is 9.88. The van der Waals surface area contributed by atoms with Crippen molar-refractivity contribution in [1.82, 2.24) is 4.90 Å². The van der Waals surface area contributed by atoms with Crippen LogP contribution in [0.15, 0.2) is 30.8 Å². The van der Waals surface area contributed by atoms with Gasteiger partial charge in [0.25, 0.3) is 0 Å². The Labute approximate surface area is 191 Å². The number of carbonyl (C=O) groups excluding carboxylic acids is 1. The van der Waals surface area contributed by atoms with Crippen LogP contribution in [0, 0.1) is 12.8 Å². The van der Waals surface area contributed by atoms with Crippen LogP contribution in [0.4, 0.5) is 0 Å². The fourth-order valence-corrected chi connectivity index (χ4v) is 5.14. The van der Waals surface area contributed by atoms with E-state index in [0.29, 0.717) is 23.6 Å². The van der Waals surface area contributed by atoms with Crippen molar-refractivity contribution < 1.29 is 14.6 Å². The monoisotopic (exact) mass is 433 g/mol. The van der Waals surface area contributed by atoms with Crippen molar-refractivity contribution in [3.8, 4) is 22.6 Å². The van der Waals surface area contributed by atoms with Crippen LogP contribution >= 0.6 is 0 Å². The second-order valence-corrected chi connectivity index (χ2v) is 9.44. The number of rotatable bonds is 7. The second kappa shape index (κ2) is 9.40. The number of amides is 1. The van der Waals surface area contributed by atoms with Crippen molar-refractivity contribution in [1.29, 1.82) is 0 Å². The predicted octanol–water partition coefficient (Wildman–Crippen LogP) is 6.61. The average Bonchev–Trinajstić information content (AvgIpc) is 3.30. The standard InChI is InChI=1S/C28H35NO3/c1-5-6-7-12-21-16-25-26(23-15-18(2)13-14-22(23)19(3)32-25)27(30)24(21)17-29(4)28(31)20-10-8-9-11-20/h13-16,20,30H,3,5-12,17H2,1-2,4H3. The lowest BCUT2D eigenvalue weighted by Gasteiger charge is -2.28. The summed E-state index contributed by atoms with van der Waals surface area (Å²) in [5.41, 5.74) is 5.58. The van der Waals surface area contributed by atoms with Crippen LogP contribution in [-0.4, -0.2) is 23.0 Å². The van der Waals surface area contributed by atoms with Crippen molar-refractivity contribution in [2.75, 3.05) is 7.05 Å². The lowest BCUT2D eigenvalue weighted by Crippen LogP contribution is -2.31. The Morgan fingerprint density at radius 3 is 2.66 bits per heavy atom. The Hall–Kier alpha value is -2.75. The van der Waals surface area contributed by atoms with Crippen LogP contribution in [0.3, 0.4) is 0 Å². The lowest BCUT2D eigenvalue weighted by molar-refractivity contribution is -0.134. The van der Waals surface area contributed by atoms with Gasteiger partial charge in [-0.15, -0.1) is 0 Å². The largest absolute Gasteiger partial charge is 0.507 e. The molecule has 0 saturated heterocycles. The van der Waals surface area contributed by atoms with E-state index in [-0.39, 0.29) is 17.6 Å². The Bertz CT molecular complexity index is 1030. The molecule has 2 aromatic rings. The van der Waals surface area contributed by atoms with E-state index in [1.165, 1.54) is 0 Å². The van der Waals surface area contributed by atoms with Gasteiger partial charge in [0.1, 0.15) is 17.3 Å². The van der Waals surface area contributed by atoms with Gasteiger partial charge in [-0.25, -0.2) is 0 Å². The summed E-state index contributed by atoms with van der Waals surface area (Å²) >= 11 is 0. The van der Waals surface area contributed by atoms with Gasteiger partial charge in [-0.3, -0.25) is 4.79 Å². The maximum atomic E-state index is 13.0. The molecule has 0 spiro atoms. The molecule has 2 aromatic carbocycles. The van der Waals surface area contributed by atoms with E-state index in [4.69, 9.17) is 4.74 Å². The third-order valence-corrected chi connectivity index (χ3v) is 6.97. The molecule has 1 heterocycles. The predicted molar refractivity (Wildman–Crippen MR) is 130 cm³/mol. The Morgan fingerprint density at radius 1 is 1.19 bits per heavy atom. The van der Waals surface area contributed by atoms with E-state index in [1.807, 2.05) is 26.1 Å². The molecular weight excluding hydrogens is 398 g/mol. The number of benzene rings is 2. The third kappa shape index (κ3) is 4.28. The zero-order valence-electron chi connectivity index (χ0n) is 19.7. The van der Waals surface area contributed by atoms with Crippen molar-refractivity contribution in [3.05, 3.63) is 53.1 Å². The Morgan fingerprint density at radius 2 is 1.94 bits per heavy atom. The summed E-state index contributed by atoms with van der Waals surface area (Å²) in [5.74, 6) is 1.82. The summed E-state index contributed by atoms with van der Waals surface area (Å²) < 4.78 is 6.08. The number of phenolic OH excluding ortho intramolecular Hbond substituents is 1. The van der Waals surface area contributed by atoms with E-state index in [1.54, 1.807) is 4.90 Å². The molecule has 0 aromatic heterocycles. The van der Waals surface area contributed by atoms with E-state index >= 15 is 0 Å². The van der Waals surface area contributed by atoms with E-state index < -0.39 is 0 Å². The molecular formula is C28H35NO3. The molecule has 2 aliphatic rings. The molecule has 170 valence electrons. The summed E-state index contributed by atoms with van der Waals surface area (Å²) in [6.07, 6.45) is 8.37. The quantitative estimate of drug-likeness (QED) is 0.500. The second-order valence-electron chi connectivity index (χ2n) is 9.44. The van der Waals surface area contributed by atoms with Gasteiger partial charge in [0.2, 0.25) is 5.91 Å². The minimum atomic E-state index is 0.123. The number of ether oxygens (including phenoxy) is 1. The molecule has 1 amide bonds. The third-order valence-electron chi connectivity index (χ3n) is 6.97. The Kier molecular flexibility index (Phi) is 6.59. The first-order valence-corrected chi connectivity index (χ1v) is 12.0. The summed E-state index contributed by atoms with van der Waals surface area (Å²) in [5, 5.41) is 11.5. The molecule has 4 rings (SSSR count). The van der Waals surface area contributed by atoms with Crippen LogP contribution in [0.5, 0.6) is 11.5 Å². The van der Waals surface area contributed by atoms with Gasteiger partial charge in [0, 0.05) is 36.2 Å². The number of aromatic hydroxyl groups is 1. The number of carbonyl (C=O) groups is 1. The number of aryl methyl sites for hydroxylation is 2. The van der Waals surface area contributed by atoms with E-state index in [9.17, 15) is 9.90 Å². The number of phenols is 1. The summed E-state index contributed by atoms with van der Waals surface area (Å²) in [6.45, 7) is 8.75. The number of hydrogen-bond acceptors (Lipinski definition) is 3. The zero-order valence-corrected chi connectivity index (χ0v) is 19.7. The van der Waals surface area contributed by atoms with Gasteiger partial charge in [0.15, 0.2) is 0 Å². The number of unbranched alkanes of at least 4 members (excludes halogenated alkanes) is 2. The van der Waals surface area contributed by atoms with Crippen molar-refractivity contribution >= 4 is 11.7 Å². The first-order chi connectivity index (χ1) is 15.4. The van der Waals surface area contributed by atoms with Crippen LogP contribution in [-0.2, 0) is 17.8 Å². The molecule has 32 heavy (non-hydrogen) atoms. The number of nitrogens with zero attached hydrogens (tertiary/aromatic N) is 1. The van der Waals surface area contributed by atoms with Gasteiger partial charge >= 0.3 is 0 Å². The van der Waals surface area contributed by atoms with E-state index in [2.05, 4.69) is 25.6 Å². The van der Waals surface area contributed by atoms with Gasteiger partial charge in [-0.2, -0.15) is 0 Å². The molecule has 1 fully saturated rings. The molecule has 1 N–H and O–H groups in total. The zero-order chi connectivity index (χ0) is 22.8. The van der Waals surface area contributed by atoms with Crippen molar-refractivity contribution in [3.63, 3.8) is 0 Å². The van der Waals surface area contributed by atoms with Gasteiger partial charge in [0.05, 0.1) is 5.56 Å². The molecule has 1 aliphatic heterocycles. The summed E-state index contributed by atoms with van der Waals surface area (Å²) in [6, 6.07) is 8.17. The molecule has 4 heteroatoms. The summed E-state index contributed by atoms with van der Waals surface area (Å²) in [4.78, 5) is 14.8. The van der Waals surface area contributed by atoms with Gasteiger partial charge < -0.3 is 14.7 Å². The molecule has 1 aliphatic carbocycles. The minimum absolute atomic E-state index is 0.123. The summed E-state index contributed by atoms with van der Waals surface area (Å²) in [7, 11) is 1.87. The number of fused-ring (bicyclic) bond motifs is 3. The highest BCUT2D eigenvalue weighted by Crippen LogP contribution is 2.49. The minimum Gasteiger partial charge on any atom is -0.507 e. The van der Waals surface area contributed by atoms with Crippen LogP contribution in [0.25, 0.3) is 16.9 Å². The van der Waals surface area contributed by atoms with Crippen molar-refractivity contribution in [2.45, 2.75) is 71.8 Å². The van der Waals surface area contributed by atoms with Crippen LogP contribution in [0.1, 0.15) is 74.1 Å². The molecule has 0 unspecified atom stereocenters. The molecule has 0 radical (unpaired) electrons. The van der Waals surface area contributed by atoms with Crippen LogP contribution < -0.4 is 4.74 Å². The fraction of sp³-hybridized carbons (Fsp3) is 0.464. The fourth-order valence-electron chi connectivity index (χ4n) is 5.14. The highest BCUT2D eigenvalue weighted by molar-refractivity contribution is 5.91. The number of hydrogen-bond donors (Lipinski definition) is 1. The molecule has 1 saturated carbocycles. The maximum Gasteiger partial charge on any atom is 0.225 e. The molecule has 0 atom stereocenters. The normalized spacial score (nSPS) is 15.3. The first kappa shape index (κ1) is 22.4. The van der Waals surface area contributed by atoms with Crippen molar-refractivity contribution in [2.24, 2.45) is 5.92 Å². The van der Waals surface area contributed by atoms with E-state index in [0.717, 1.165) is 79.2 Å². The highest BCUT2D eigenvalue weighted by atomic mass is 16.5. The smallest absolute Gasteiger partial charge is 0.225 e. The van der Waals surface area contributed by atoms with Gasteiger partial charge in [-0.05, 0) is 44.2 Å². The SMILES string of the molecule is C=C1Oc2cc(CCCCC)c(CN(C)C(=O)C3CCCC3)c(O)c2-c2cc(C)ccc21. The molecule has 4 nitrogen and oxygen atoms in total. The van der Waals surface area contributed by atoms with Gasteiger partial charge in [-0.1, -0.05) is 62.9 Å². The average molecular weight is 434 g/mol. The highest BCUT2D eigenvalue weighted by Gasteiger charge is 2.30. The first-order valence-electron chi connectivity index (χ1n) is 12.0. The topological polar surface area (TPSA) is 49.8 Å².